The third-order valence-corrected chi connectivity index (χ3v) is 7.47. The van der Waals surface area contributed by atoms with Crippen LogP contribution in [-0.2, 0) is 4.79 Å². The molecule has 2 N–H and O–H groups in total. The number of thioether (sulfide) groups is 1. The van der Waals surface area contributed by atoms with Crippen LogP contribution in [0.25, 0.3) is 5.69 Å². The van der Waals surface area contributed by atoms with Gasteiger partial charge in [0, 0.05) is 6.04 Å². The average Bonchev–Trinajstić information content (AvgIpc) is 3.45. The van der Waals surface area contributed by atoms with Crippen molar-refractivity contribution in [1.82, 2.24) is 30.8 Å². The molecule has 1 aromatic heterocycles. The number of tetrazole rings is 1. The summed E-state index contributed by atoms with van der Waals surface area (Å²) >= 11 is 1.20. The summed E-state index contributed by atoms with van der Waals surface area (Å²) in [4.78, 5) is 24.5. The Morgan fingerprint density at radius 2 is 2.07 bits per heavy atom. The van der Waals surface area contributed by atoms with Crippen LogP contribution in [0.2, 0.25) is 0 Å². The molecule has 2 aliphatic carbocycles. The number of rotatable bonds is 6. The first kappa shape index (κ1) is 20.8. The first-order chi connectivity index (χ1) is 14.4. The number of carbonyl (C=O) groups is 2. The Kier molecular flexibility index (Phi) is 6.08. The number of hydrogen-bond acceptors (Lipinski definition) is 6. The highest BCUT2D eigenvalue weighted by Crippen LogP contribution is 2.49. The minimum absolute atomic E-state index is 0.0567. The molecule has 4 atom stereocenters. The molecule has 0 radical (unpaired) electrons. The lowest BCUT2D eigenvalue weighted by Gasteiger charge is -2.28. The molecular formula is C21H28N6O2S. The van der Waals surface area contributed by atoms with Gasteiger partial charge in [0.2, 0.25) is 11.1 Å². The molecule has 4 unspecified atom stereocenters. The highest BCUT2D eigenvalue weighted by Gasteiger charge is 2.42. The van der Waals surface area contributed by atoms with Crippen LogP contribution in [0.3, 0.4) is 0 Å². The first-order valence-corrected chi connectivity index (χ1v) is 11.5. The van der Waals surface area contributed by atoms with Crippen molar-refractivity contribution in [3.63, 3.8) is 0 Å². The number of aryl methyl sites for hydroxylation is 2. The molecule has 2 fully saturated rings. The van der Waals surface area contributed by atoms with E-state index in [-0.39, 0.29) is 17.7 Å². The van der Waals surface area contributed by atoms with Crippen LogP contribution in [0.1, 0.15) is 43.7 Å². The van der Waals surface area contributed by atoms with Gasteiger partial charge in [-0.3, -0.25) is 10.1 Å². The van der Waals surface area contributed by atoms with E-state index in [9.17, 15) is 9.59 Å². The van der Waals surface area contributed by atoms with E-state index in [1.165, 1.54) is 43.0 Å². The normalized spacial score (nSPS) is 23.4. The number of fused-ring (bicyclic) bond motifs is 2. The number of nitrogens with one attached hydrogen (secondary N) is 2. The fraction of sp³-hybridized carbons (Fsp3) is 0.571. The molecule has 1 heterocycles. The van der Waals surface area contributed by atoms with Crippen molar-refractivity contribution >= 4 is 23.7 Å². The second-order valence-corrected chi connectivity index (χ2v) is 9.52. The van der Waals surface area contributed by atoms with E-state index in [0.717, 1.165) is 23.1 Å². The summed E-state index contributed by atoms with van der Waals surface area (Å²) in [5.41, 5.74) is 3.16. The largest absolute Gasteiger partial charge is 0.335 e. The Morgan fingerprint density at radius 3 is 2.77 bits per heavy atom. The lowest BCUT2D eigenvalue weighted by atomic mass is 9.84. The number of hydrogen-bond donors (Lipinski definition) is 2. The monoisotopic (exact) mass is 428 g/mol. The Hall–Kier alpha value is -2.42. The Labute approximate surface area is 180 Å². The SMILES string of the molecule is Cc1ccc(-n2nnnc2SCC(=O)NC(=O)NC(C)C2CC3CCC2C3)cc1C. The highest BCUT2D eigenvalue weighted by atomic mass is 32.2. The molecule has 8 nitrogen and oxygen atoms in total. The summed E-state index contributed by atoms with van der Waals surface area (Å²) in [6.45, 7) is 6.11. The second kappa shape index (κ2) is 8.75. The zero-order valence-electron chi connectivity index (χ0n) is 17.6. The molecule has 0 saturated heterocycles. The summed E-state index contributed by atoms with van der Waals surface area (Å²) < 4.78 is 1.60. The lowest BCUT2D eigenvalue weighted by Crippen LogP contribution is -2.47. The van der Waals surface area contributed by atoms with E-state index in [0.29, 0.717) is 11.1 Å². The van der Waals surface area contributed by atoms with Gasteiger partial charge >= 0.3 is 6.03 Å². The summed E-state index contributed by atoms with van der Waals surface area (Å²) in [6, 6.07) is 5.60. The quantitative estimate of drug-likeness (QED) is 0.686. The predicted molar refractivity (Wildman–Crippen MR) is 114 cm³/mol. The molecule has 4 rings (SSSR count). The summed E-state index contributed by atoms with van der Waals surface area (Å²) in [5.74, 6) is 1.77. The third kappa shape index (κ3) is 4.50. The fourth-order valence-corrected chi connectivity index (χ4v) is 5.53. The number of carbonyl (C=O) groups excluding carboxylic acids is 2. The van der Waals surface area contributed by atoms with Gasteiger partial charge in [-0.1, -0.05) is 24.2 Å². The number of benzene rings is 1. The lowest BCUT2D eigenvalue weighted by molar-refractivity contribution is -0.117. The van der Waals surface area contributed by atoms with Crippen molar-refractivity contribution in [3.05, 3.63) is 29.3 Å². The van der Waals surface area contributed by atoms with Crippen LogP contribution in [0.15, 0.2) is 23.4 Å². The molecular weight excluding hydrogens is 400 g/mol. The molecule has 3 amide bonds. The van der Waals surface area contributed by atoms with Crippen LogP contribution >= 0.6 is 11.8 Å². The molecule has 30 heavy (non-hydrogen) atoms. The van der Waals surface area contributed by atoms with Crippen molar-refractivity contribution in [2.45, 2.75) is 57.7 Å². The third-order valence-electron chi connectivity index (χ3n) is 6.56. The highest BCUT2D eigenvalue weighted by molar-refractivity contribution is 7.99. The van der Waals surface area contributed by atoms with Crippen molar-refractivity contribution in [2.24, 2.45) is 17.8 Å². The number of urea groups is 1. The van der Waals surface area contributed by atoms with Gasteiger partial charge in [-0.25, -0.2) is 4.79 Å². The molecule has 2 aromatic rings. The second-order valence-electron chi connectivity index (χ2n) is 8.58. The number of nitrogens with zero attached hydrogens (tertiary/aromatic N) is 4. The summed E-state index contributed by atoms with van der Waals surface area (Å²) in [5, 5.41) is 17.6. The fourth-order valence-electron chi connectivity index (χ4n) is 4.84. The van der Waals surface area contributed by atoms with E-state index in [4.69, 9.17) is 0 Å². The van der Waals surface area contributed by atoms with Crippen LogP contribution in [0.4, 0.5) is 4.79 Å². The minimum Gasteiger partial charge on any atom is -0.335 e. The molecule has 1 aromatic carbocycles. The van der Waals surface area contributed by atoms with Gasteiger partial charge in [0.1, 0.15) is 0 Å². The molecule has 9 heteroatoms. The summed E-state index contributed by atoms with van der Waals surface area (Å²) in [7, 11) is 0. The van der Waals surface area contributed by atoms with E-state index >= 15 is 0 Å². The Bertz CT molecular complexity index is 945. The zero-order valence-corrected chi connectivity index (χ0v) is 18.4. The van der Waals surface area contributed by atoms with Gasteiger partial charge < -0.3 is 5.32 Å². The molecule has 2 aliphatic rings. The Balaban J connectivity index is 1.27. The van der Waals surface area contributed by atoms with Gasteiger partial charge in [-0.05, 0) is 91.5 Å². The molecule has 2 saturated carbocycles. The minimum atomic E-state index is -0.426. The van der Waals surface area contributed by atoms with Crippen molar-refractivity contribution in [1.29, 1.82) is 0 Å². The van der Waals surface area contributed by atoms with Crippen molar-refractivity contribution in [2.75, 3.05) is 5.75 Å². The Morgan fingerprint density at radius 1 is 1.23 bits per heavy atom. The van der Waals surface area contributed by atoms with Crippen molar-refractivity contribution in [3.8, 4) is 5.69 Å². The smallest absolute Gasteiger partial charge is 0.321 e. The van der Waals surface area contributed by atoms with Crippen molar-refractivity contribution < 1.29 is 9.59 Å². The predicted octanol–water partition coefficient (Wildman–Crippen LogP) is 3.02. The van der Waals surface area contributed by atoms with Gasteiger partial charge in [-0.15, -0.1) is 5.10 Å². The molecule has 160 valence electrons. The topological polar surface area (TPSA) is 102 Å². The molecule has 0 spiro atoms. The number of imide groups is 1. The standard InChI is InChI=1S/C21H28N6O2S/c1-12-4-7-17(8-13(12)2)27-21(24-25-26-27)30-11-19(28)23-20(29)22-14(3)18-10-15-5-6-16(18)9-15/h4,7-8,14-16,18H,5-6,9-11H2,1-3H3,(H2,22,23,28,29). The maximum atomic E-state index is 12.3. The molecule has 0 aliphatic heterocycles. The van der Waals surface area contributed by atoms with Crippen LogP contribution in [0, 0.1) is 31.6 Å². The average molecular weight is 429 g/mol. The van der Waals surface area contributed by atoms with E-state index < -0.39 is 6.03 Å². The van der Waals surface area contributed by atoms with Crippen LogP contribution < -0.4 is 10.6 Å². The van der Waals surface area contributed by atoms with Gasteiger partial charge in [0.05, 0.1) is 11.4 Å². The first-order valence-electron chi connectivity index (χ1n) is 10.5. The van der Waals surface area contributed by atoms with E-state index in [2.05, 4.69) is 26.2 Å². The van der Waals surface area contributed by atoms with Crippen LogP contribution in [-0.4, -0.2) is 43.9 Å². The number of amides is 3. The summed E-state index contributed by atoms with van der Waals surface area (Å²) in [6.07, 6.45) is 5.09. The van der Waals surface area contributed by atoms with Gasteiger partial charge in [0.25, 0.3) is 0 Å². The van der Waals surface area contributed by atoms with Crippen LogP contribution in [0.5, 0.6) is 0 Å². The molecule has 2 bridgehead atoms. The number of aromatic nitrogens is 4. The van der Waals surface area contributed by atoms with E-state index in [1.54, 1.807) is 4.68 Å². The van der Waals surface area contributed by atoms with Gasteiger partial charge in [-0.2, -0.15) is 4.68 Å². The maximum absolute atomic E-state index is 12.3. The maximum Gasteiger partial charge on any atom is 0.321 e. The van der Waals surface area contributed by atoms with E-state index in [1.807, 2.05) is 39.0 Å². The van der Waals surface area contributed by atoms with Gasteiger partial charge in [0.15, 0.2) is 0 Å². The zero-order chi connectivity index (χ0) is 21.3.